The highest BCUT2D eigenvalue weighted by Gasteiger charge is 2.26. The smallest absolute Gasteiger partial charge is 0.178 e. The molecule has 0 saturated carbocycles. The third-order valence-corrected chi connectivity index (χ3v) is 8.41. The molecule has 0 bridgehead atoms. The molecular formula is C32H39F2N7O. The largest absolute Gasteiger partial charge is 0.486 e. The molecule has 1 saturated heterocycles. The summed E-state index contributed by atoms with van der Waals surface area (Å²) in [5.41, 5.74) is 4.21. The Labute approximate surface area is 245 Å². The molecule has 0 unspecified atom stereocenters. The normalized spacial score (nSPS) is 16.4. The number of hydrogen-bond acceptors (Lipinski definition) is 7. The number of fused-ring (bicyclic) bond motifs is 2. The molecule has 4 aromatic rings. The van der Waals surface area contributed by atoms with Gasteiger partial charge in [0.1, 0.15) is 23.9 Å². The van der Waals surface area contributed by atoms with E-state index in [1.807, 2.05) is 13.8 Å². The second-order valence-electron chi connectivity index (χ2n) is 12.0. The van der Waals surface area contributed by atoms with Gasteiger partial charge in [-0.2, -0.15) is 0 Å². The average Bonchev–Trinajstić information content (AvgIpc) is 3.38. The van der Waals surface area contributed by atoms with E-state index < -0.39 is 11.6 Å². The molecule has 4 heterocycles. The Bertz CT molecular complexity index is 1560. The molecule has 0 atom stereocenters. The van der Waals surface area contributed by atoms with Gasteiger partial charge < -0.3 is 24.4 Å². The first-order valence-corrected chi connectivity index (χ1v) is 14.9. The van der Waals surface area contributed by atoms with Crippen LogP contribution < -0.4 is 9.64 Å². The van der Waals surface area contributed by atoms with Crippen LogP contribution in [0.4, 0.5) is 14.5 Å². The van der Waals surface area contributed by atoms with Gasteiger partial charge in [-0.3, -0.25) is 0 Å². The summed E-state index contributed by atoms with van der Waals surface area (Å²) in [5, 5.41) is 0. The van der Waals surface area contributed by atoms with E-state index in [1.54, 1.807) is 6.07 Å². The summed E-state index contributed by atoms with van der Waals surface area (Å²) in [7, 11) is 4.24. The molecule has 2 aliphatic heterocycles. The van der Waals surface area contributed by atoms with Gasteiger partial charge in [-0.15, -0.1) is 0 Å². The number of halogens is 2. The number of aromatic nitrogens is 4. The number of likely N-dealkylation sites (tertiary alicyclic amines) is 1. The van der Waals surface area contributed by atoms with E-state index in [-0.39, 0.29) is 17.5 Å². The number of ether oxygens (including phenoxy) is 1. The van der Waals surface area contributed by atoms with Crippen LogP contribution in [0, 0.1) is 11.6 Å². The maximum absolute atomic E-state index is 15.1. The predicted octanol–water partition coefficient (Wildman–Crippen LogP) is 5.24. The van der Waals surface area contributed by atoms with Crippen LogP contribution in [-0.2, 0) is 6.42 Å². The minimum absolute atomic E-state index is 0.0614. The molecule has 42 heavy (non-hydrogen) atoms. The standard InChI is InChI=1S/C32H39F2N7O/c1-20(2)41-13-14-42-32-24(33)15-23(17-28(32)41)31-25(34)19-35-29(38-31)18-30-36-26-6-5-22(16-27(26)37-30)21-7-9-40(10-8-21)12-11-39(3)4/h5-6,15-17,19-21H,7-14,18H2,1-4H3,(H,36,37). The van der Waals surface area contributed by atoms with Gasteiger partial charge in [-0.1, -0.05) is 6.07 Å². The number of benzene rings is 2. The molecule has 0 aliphatic carbocycles. The van der Waals surface area contributed by atoms with Crippen LogP contribution in [0.15, 0.2) is 36.5 Å². The number of hydrogen-bond donors (Lipinski definition) is 1. The molecular weight excluding hydrogens is 536 g/mol. The quantitative estimate of drug-likeness (QED) is 0.308. The number of piperidine rings is 1. The Kier molecular flexibility index (Phi) is 8.09. The van der Waals surface area contributed by atoms with E-state index in [0.29, 0.717) is 48.4 Å². The van der Waals surface area contributed by atoms with Gasteiger partial charge in [0.15, 0.2) is 17.4 Å². The molecule has 10 heteroatoms. The molecule has 0 spiro atoms. The van der Waals surface area contributed by atoms with Gasteiger partial charge in [0.25, 0.3) is 0 Å². The molecule has 2 aromatic carbocycles. The molecule has 8 nitrogen and oxygen atoms in total. The fourth-order valence-corrected chi connectivity index (χ4v) is 6.06. The molecule has 222 valence electrons. The summed E-state index contributed by atoms with van der Waals surface area (Å²) in [5.74, 6) is 0.714. The lowest BCUT2D eigenvalue weighted by atomic mass is 9.89. The second-order valence-corrected chi connectivity index (χ2v) is 12.0. The zero-order valence-corrected chi connectivity index (χ0v) is 24.8. The number of rotatable bonds is 8. The summed E-state index contributed by atoms with van der Waals surface area (Å²) >= 11 is 0. The fraction of sp³-hybridized carbons (Fsp3) is 0.469. The van der Waals surface area contributed by atoms with Crippen molar-refractivity contribution in [3.63, 3.8) is 0 Å². The highest BCUT2D eigenvalue weighted by atomic mass is 19.1. The Morgan fingerprint density at radius 3 is 2.62 bits per heavy atom. The van der Waals surface area contributed by atoms with Gasteiger partial charge in [0.2, 0.25) is 0 Å². The molecule has 1 fully saturated rings. The first-order chi connectivity index (χ1) is 20.2. The maximum atomic E-state index is 15.1. The summed E-state index contributed by atoms with van der Waals surface area (Å²) in [6.07, 6.45) is 3.75. The van der Waals surface area contributed by atoms with Crippen molar-refractivity contribution < 1.29 is 13.5 Å². The van der Waals surface area contributed by atoms with Crippen molar-refractivity contribution in [2.45, 2.75) is 45.1 Å². The minimum atomic E-state index is -0.604. The summed E-state index contributed by atoms with van der Waals surface area (Å²) < 4.78 is 35.6. The highest BCUT2D eigenvalue weighted by Crippen LogP contribution is 2.39. The van der Waals surface area contributed by atoms with E-state index in [9.17, 15) is 4.39 Å². The summed E-state index contributed by atoms with van der Waals surface area (Å²) in [6, 6.07) is 9.65. The monoisotopic (exact) mass is 575 g/mol. The van der Waals surface area contributed by atoms with Crippen LogP contribution in [-0.4, -0.2) is 89.2 Å². The second kappa shape index (κ2) is 11.9. The van der Waals surface area contributed by atoms with Crippen molar-refractivity contribution in [1.82, 2.24) is 29.7 Å². The number of anilines is 1. The summed E-state index contributed by atoms with van der Waals surface area (Å²) in [6.45, 7) is 9.55. The van der Waals surface area contributed by atoms with Crippen molar-refractivity contribution in [2.75, 3.05) is 58.3 Å². The Morgan fingerprint density at radius 1 is 1.05 bits per heavy atom. The topological polar surface area (TPSA) is 73.4 Å². The van der Waals surface area contributed by atoms with Crippen molar-refractivity contribution in [3.8, 4) is 17.0 Å². The van der Waals surface area contributed by atoms with Crippen molar-refractivity contribution in [1.29, 1.82) is 0 Å². The lowest BCUT2D eigenvalue weighted by Gasteiger charge is -2.34. The van der Waals surface area contributed by atoms with Crippen LogP contribution in [0.3, 0.4) is 0 Å². The van der Waals surface area contributed by atoms with Gasteiger partial charge in [0.05, 0.1) is 35.9 Å². The average molecular weight is 576 g/mol. The van der Waals surface area contributed by atoms with E-state index in [0.717, 1.165) is 56.3 Å². The van der Waals surface area contributed by atoms with E-state index in [4.69, 9.17) is 9.72 Å². The lowest BCUT2D eigenvalue weighted by Crippen LogP contribution is -2.38. The third kappa shape index (κ3) is 5.96. The summed E-state index contributed by atoms with van der Waals surface area (Å²) in [4.78, 5) is 23.7. The van der Waals surface area contributed by atoms with Gasteiger partial charge in [0, 0.05) is 24.7 Å². The number of likely N-dealkylation sites (N-methyl/N-ethyl adjacent to an activating group) is 1. The van der Waals surface area contributed by atoms with Crippen LogP contribution >= 0.6 is 0 Å². The number of H-pyrrole nitrogens is 1. The third-order valence-electron chi connectivity index (χ3n) is 8.41. The van der Waals surface area contributed by atoms with Gasteiger partial charge in [-0.25, -0.2) is 23.7 Å². The number of nitrogens with one attached hydrogen (secondary N) is 1. The Hall–Kier alpha value is -3.63. The molecule has 0 amide bonds. The van der Waals surface area contributed by atoms with E-state index >= 15 is 4.39 Å². The lowest BCUT2D eigenvalue weighted by molar-refractivity contribution is 0.194. The molecule has 2 aromatic heterocycles. The Balaban J connectivity index is 1.20. The number of aromatic amines is 1. The molecule has 2 aliphatic rings. The first-order valence-electron chi connectivity index (χ1n) is 14.9. The minimum Gasteiger partial charge on any atom is -0.486 e. The van der Waals surface area contributed by atoms with Crippen LogP contribution in [0.25, 0.3) is 22.3 Å². The van der Waals surface area contributed by atoms with Crippen molar-refractivity contribution >= 4 is 16.7 Å². The highest BCUT2D eigenvalue weighted by molar-refractivity contribution is 5.76. The van der Waals surface area contributed by atoms with E-state index in [1.165, 1.54) is 11.6 Å². The van der Waals surface area contributed by atoms with E-state index in [2.05, 4.69) is 61.9 Å². The molecule has 1 N–H and O–H groups in total. The number of nitrogens with zero attached hydrogens (tertiary/aromatic N) is 6. The zero-order chi connectivity index (χ0) is 29.4. The van der Waals surface area contributed by atoms with Crippen molar-refractivity contribution in [2.24, 2.45) is 0 Å². The first kappa shape index (κ1) is 28.5. The van der Waals surface area contributed by atoms with Crippen LogP contribution in [0.5, 0.6) is 5.75 Å². The van der Waals surface area contributed by atoms with Gasteiger partial charge >= 0.3 is 0 Å². The van der Waals surface area contributed by atoms with Crippen molar-refractivity contribution in [3.05, 3.63) is 65.4 Å². The van der Waals surface area contributed by atoms with Crippen LogP contribution in [0.2, 0.25) is 0 Å². The van der Waals surface area contributed by atoms with Gasteiger partial charge in [-0.05, 0) is 89.6 Å². The fourth-order valence-electron chi connectivity index (χ4n) is 6.06. The SMILES string of the molecule is CC(C)N1CCOc2c(F)cc(-c3nc(Cc4nc5ccc(C6CCN(CCN(C)C)CC6)cc5[nH]4)ncc3F)cc21. The molecule has 0 radical (unpaired) electrons. The van der Waals surface area contributed by atoms with Crippen LogP contribution in [0.1, 0.15) is 49.8 Å². The zero-order valence-electron chi connectivity index (χ0n) is 24.8. The predicted molar refractivity (Wildman–Crippen MR) is 161 cm³/mol. The molecule has 6 rings (SSSR count). The number of imidazole rings is 1. The maximum Gasteiger partial charge on any atom is 0.178 e. The Morgan fingerprint density at radius 2 is 1.86 bits per heavy atom.